The monoisotopic (exact) mass is 129 g/mol. The topological polar surface area (TPSA) is 78.1 Å². The van der Waals surface area contributed by atoms with Gasteiger partial charge in [-0.25, -0.2) is 0 Å². The summed E-state index contributed by atoms with van der Waals surface area (Å²) in [5.74, 6) is 0. The van der Waals surface area contributed by atoms with Crippen LogP contribution in [-0.4, -0.2) is 12.2 Å². The summed E-state index contributed by atoms with van der Waals surface area (Å²) in [5, 5.41) is 0. The van der Waals surface area contributed by atoms with E-state index in [-0.39, 0.29) is 6.04 Å². The minimum absolute atomic E-state index is 0.204. The van der Waals surface area contributed by atoms with Crippen molar-refractivity contribution < 1.29 is 0 Å². The SMILES string of the molecule is CCC=CC(N)C(N)N. The van der Waals surface area contributed by atoms with Crippen LogP contribution in [0.1, 0.15) is 13.3 Å². The number of nitrogens with two attached hydrogens (primary N) is 3. The standard InChI is InChI=1S/C6H15N3/c1-2-3-4-5(7)6(8)9/h3-6H,2,7-9H2,1H3. The Bertz CT molecular complexity index is 88.3. The molecule has 0 aliphatic rings. The van der Waals surface area contributed by atoms with Gasteiger partial charge < -0.3 is 17.2 Å². The molecule has 0 radical (unpaired) electrons. The smallest absolute Gasteiger partial charge is 0.0714 e. The zero-order valence-corrected chi connectivity index (χ0v) is 5.75. The molecule has 0 amide bonds. The molecule has 54 valence electrons. The summed E-state index contributed by atoms with van der Waals surface area (Å²) >= 11 is 0. The van der Waals surface area contributed by atoms with Crippen molar-refractivity contribution in [3.63, 3.8) is 0 Å². The summed E-state index contributed by atoms with van der Waals surface area (Å²) < 4.78 is 0. The Kier molecular flexibility index (Phi) is 4.30. The number of rotatable bonds is 3. The van der Waals surface area contributed by atoms with Gasteiger partial charge in [-0.2, -0.15) is 0 Å². The zero-order chi connectivity index (χ0) is 7.28. The molecule has 3 heteroatoms. The van der Waals surface area contributed by atoms with Crippen molar-refractivity contribution in [2.24, 2.45) is 17.2 Å². The molecule has 0 saturated heterocycles. The maximum Gasteiger partial charge on any atom is 0.0714 e. The van der Waals surface area contributed by atoms with E-state index in [9.17, 15) is 0 Å². The number of hydrogen-bond acceptors (Lipinski definition) is 3. The highest BCUT2D eigenvalue weighted by Gasteiger charge is 2.00. The van der Waals surface area contributed by atoms with E-state index in [1.54, 1.807) is 0 Å². The van der Waals surface area contributed by atoms with Gasteiger partial charge in [0.05, 0.1) is 12.2 Å². The second kappa shape index (κ2) is 4.49. The first-order chi connectivity index (χ1) is 4.18. The third-order valence-electron chi connectivity index (χ3n) is 1.04. The van der Waals surface area contributed by atoms with Gasteiger partial charge in [-0.15, -0.1) is 0 Å². The molecule has 0 rings (SSSR count). The van der Waals surface area contributed by atoms with Gasteiger partial charge in [-0.3, -0.25) is 0 Å². The van der Waals surface area contributed by atoms with Crippen molar-refractivity contribution in [1.82, 2.24) is 0 Å². The molecule has 0 aliphatic heterocycles. The van der Waals surface area contributed by atoms with E-state index < -0.39 is 6.17 Å². The molecule has 0 fully saturated rings. The van der Waals surface area contributed by atoms with Crippen molar-refractivity contribution >= 4 is 0 Å². The summed E-state index contributed by atoms with van der Waals surface area (Å²) in [6.45, 7) is 2.03. The normalized spacial score (nSPS) is 15.2. The van der Waals surface area contributed by atoms with E-state index in [1.165, 1.54) is 0 Å². The average molecular weight is 129 g/mol. The highest BCUT2D eigenvalue weighted by atomic mass is 14.9. The zero-order valence-electron chi connectivity index (χ0n) is 5.75. The predicted molar refractivity (Wildman–Crippen MR) is 39.6 cm³/mol. The second-order valence-electron chi connectivity index (χ2n) is 1.99. The lowest BCUT2D eigenvalue weighted by Gasteiger charge is -2.09. The maximum absolute atomic E-state index is 5.47. The summed E-state index contributed by atoms with van der Waals surface area (Å²) in [4.78, 5) is 0. The molecule has 0 saturated carbocycles. The molecule has 3 nitrogen and oxygen atoms in total. The van der Waals surface area contributed by atoms with E-state index >= 15 is 0 Å². The highest BCUT2D eigenvalue weighted by Crippen LogP contribution is 1.85. The van der Waals surface area contributed by atoms with E-state index in [1.807, 2.05) is 19.1 Å². The fraction of sp³-hybridized carbons (Fsp3) is 0.667. The maximum atomic E-state index is 5.47. The fourth-order valence-electron chi connectivity index (χ4n) is 0.422. The van der Waals surface area contributed by atoms with Crippen LogP contribution < -0.4 is 17.2 Å². The minimum Gasteiger partial charge on any atom is -0.322 e. The molecular formula is C6H15N3. The van der Waals surface area contributed by atoms with E-state index in [4.69, 9.17) is 17.2 Å². The third-order valence-corrected chi connectivity index (χ3v) is 1.04. The van der Waals surface area contributed by atoms with Crippen LogP contribution in [-0.2, 0) is 0 Å². The summed E-state index contributed by atoms with van der Waals surface area (Å²) in [5.41, 5.74) is 16.0. The molecule has 0 aromatic rings. The summed E-state index contributed by atoms with van der Waals surface area (Å²) in [7, 11) is 0. The van der Waals surface area contributed by atoms with E-state index in [0.717, 1.165) is 6.42 Å². The Hall–Kier alpha value is -0.380. The van der Waals surface area contributed by atoms with Gasteiger partial charge in [0.1, 0.15) is 0 Å². The van der Waals surface area contributed by atoms with Crippen LogP contribution in [0.15, 0.2) is 12.2 Å². The van der Waals surface area contributed by atoms with Crippen LogP contribution in [0.5, 0.6) is 0 Å². The Labute approximate surface area is 55.9 Å². The Balaban J connectivity index is 3.48. The van der Waals surface area contributed by atoms with Crippen LogP contribution in [0.3, 0.4) is 0 Å². The molecule has 9 heavy (non-hydrogen) atoms. The number of allylic oxidation sites excluding steroid dienone is 1. The predicted octanol–water partition coefficient (Wildman–Crippen LogP) is -0.477. The van der Waals surface area contributed by atoms with Crippen molar-refractivity contribution in [2.45, 2.75) is 25.6 Å². The van der Waals surface area contributed by atoms with Gasteiger partial charge in [-0.1, -0.05) is 19.1 Å². The first-order valence-corrected chi connectivity index (χ1v) is 3.12. The molecule has 1 atom stereocenters. The summed E-state index contributed by atoms with van der Waals surface area (Å²) in [6.07, 6.45) is 4.32. The lowest BCUT2D eigenvalue weighted by molar-refractivity contribution is 0.623. The van der Waals surface area contributed by atoms with Crippen LogP contribution in [0.25, 0.3) is 0 Å². The molecule has 0 bridgehead atoms. The van der Waals surface area contributed by atoms with Crippen molar-refractivity contribution in [2.75, 3.05) is 0 Å². The lowest BCUT2D eigenvalue weighted by atomic mass is 10.2. The Morgan fingerprint density at radius 1 is 1.33 bits per heavy atom. The summed E-state index contributed by atoms with van der Waals surface area (Å²) in [6, 6.07) is -0.204. The third kappa shape index (κ3) is 4.14. The van der Waals surface area contributed by atoms with Crippen molar-refractivity contribution in [3.05, 3.63) is 12.2 Å². The van der Waals surface area contributed by atoms with Crippen LogP contribution in [0.4, 0.5) is 0 Å². The molecule has 6 N–H and O–H groups in total. The van der Waals surface area contributed by atoms with Crippen LogP contribution >= 0.6 is 0 Å². The van der Waals surface area contributed by atoms with Gasteiger partial charge in [0.25, 0.3) is 0 Å². The number of hydrogen-bond donors (Lipinski definition) is 3. The molecular weight excluding hydrogens is 114 g/mol. The van der Waals surface area contributed by atoms with Gasteiger partial charge in [0, 0.05) is 0 Å². The van der Waals surface area contributed by atoms with Crippen molar-refractivity contribution in [1.29, 1.82) is 0 Å². The van der Waals surface area contributed by atoms with E-state index in [2.05, 4.69) is 0 Å². The molecule has 0 aromatic heterocycles. The van der Waals surface area contributed by atoms with Crippen LogP contribution in [0, 0.1) is 0 Å². The highest BCUT2D eigenvalue weighted by molar-refractivity contribution is 4.94. The molecule has 0 spiro atoms. The largest absolute Gasteiger partial charge is 0.322 e. The van der Waals surface area contributed by atoms with E-state index in [0.29, 0.717) is 0 Å². The average Bonchev–Trinajstić information content (AvgIpc) is 1.82. The molecule has 1 unspecified atom stereocenters. The van der Waals surface area contributed by atoms with Crippen LogP contribution in [0.2, 0.25) is 0 Å². The molecule has 0 aliphatic carbocycles. The van der Waals surface area contributed by atoms with Crippen molar-refractivity contribution in [3.8, 4) is 0 Å². The van der Waals surface area contributed by atoms with Gasteiger partial charge in [0.15, 0.2) is 0 Å². The Morgan fingerprint density at radius 2 is 1.89 bits per heavy atom. The fourth-order valence-corrected chi connectivity index (χ4v) is 0.422. The second-order valence-corrected chi connectivity index (χ2v) is 1.99. The Morgan fingerprint density at radius 3 is 2.22 bits per heavy atom. The lowest BCUT2D eigenvalue weighted by Crippen LogP contribution is -2.46. The minimum atomic E-state index is -0.437. The first kappa shape index (κ1) is 8.62. The van der Waals surface area contributed by atoms with Gasteiger partial charge in [-0.05, 0) is 6.42 Å². The molecule has 0 heterocycles. The first-order valence-electron chi connectivity index (χ1n) is 3.12. The van der Waals surface area contributed by atoms with Gasteiger partial charge >= 0.3 is 0 Å². The quantitative estimate of drug-likeness (QED) is 0.356. The van der Waals surface area contributed by atoms with Gasteiger partial charge in [0.2, 0.25) is 0 Å². The molecule has 0 aromatic carbocycles.